The summed E-state index contributed by atoms with van der Waals surface area (Å²) >= 11 is 0. The van der Waals surface area contributed by atoms with Gasteiger partial charge in [-0.05, 0) is 47.9 Å². The molecule has 8 heteroatoms. The van der Waals surface area contributed by atoms with Gasteiger partial charge in [-0.15, -0.1) is 0 Å². The minimum Gasteiger partial charge on any atom is -0.484 e. The Morgan fingerprint density at radius 1 is 1.11 bits per heavy atom. The second-order valence-corrected chi connectivity index (χ2v) is 8.78. The summed E-state index contributed by atoms with van der Waals surface area (Å²) in [6, 6.07) is 12.1. The molecule has 0 aliphatic carbocycles. The van der Waals surface area contributed by atoms with E-state index in [1.807, 2.05) is 13.8 Å². The van der Waals surface area contributed by atoms with E-state index in [9.17, 15) is 17.6 Å². The van der Waals surface area contributed by atoms with E-state index < -0.39 is 10.0 Å². The largest absolute Gasteiger partial charge is 0.484 e. The maximum atomic E-state index is 13.1. The Labute approximate surface area is 165 Å². The van der Waals surface area contributed by atoms with Crippen molar-refractivity contribution in [2.24, 2.45) is 5.92 Å². The van der Waals surface area contributed by atoms with Crippen molar-refractivity contribution >= 4 is 21.6 Å². The fraction of sp³-hybridized carbons (Fsp3) is 0.350. The Kier molecular flexibility index (Phi) is 7.39. The van der Waals surface area contributed by atoms with Crippen LogP contribution in [-0.2, 0) is 21.4 Å². The highest BCUT2D eigenvalue weighted by Crippen LogP contribution is 2.23. The van der Waals surface area contributed by atoms with Crippen LogP contribution in [0.25, 0.3) is 0 Å². The zero-order valence-corrected chi connectivity index (χ0v) is 17.0. The highest BCUT2D eigenvalue weighted by Gasteiger charge is 2.18. The molecule has 2 rings (SSSR count). The fourth-order valence-electron chi connectivity index (χ4n) is 2.38. The first-order valence-electron chi connectivity index (χ1n) is 8.87. The van der Waals surface area contributed by atoms with Crippen molar-refractivity contribution in [2.45, 2.75) is 20.4 Å². The van der Waals surface area contributed by atoms with Gasteiger partial charge in [0.25, 0.3) is 5.91 Å². The first-order valence-corrected chi connectivity index (χ1v) is 10.7. The summed E-state index contributed by atoms with van der Waals surface area (Å²) in [5.74, 6) is 0.213. The molecule has 0 bridgehead atoms. The second-order valence-electron chi connectivity index (χ2n) is 6.88. The molecule has 1 amide bonds. The van der Waals surface area contributed by atoms with Crippen LogP contribution in [-0.4, -0.2) is 33.7 Å². The Morgan fingerprint density at radius 3 is 2.25 bits per heavy atom. The number of benzene rings is 2. The van der Waals surface area contributed by atoms with E-state index >= 15 is 0 Å². The van der Waals surface area contributed by atoms with Crippen molar-refractivity contribution in [3.8, 4) is 5.75 Å². The molecule has 0 unspecified atom stereocenters. The quantitative estimate of drug-likeness (QED) is 0.692. The van der Waals surface area contributed by atoms with Gasteiger partial charge in [-0.1, -0.05) is 26.0 Å². The molecule has 0 radical (unpaired) electrons. The summed E-state index contributed by atoms with van der Waals surface area (Å²) in [5, 5.41) is 2.75. The third-order valence-corrected chi connectivity index (χ3v) is 4.98. The lowest BCUT2D eigenvalue weighted by molar-refractivity contribution is -0.123. The standard InChI is InChI=1S/C20H25FN2O4S/c1-15(2)12-22-20(24)14-27-19-10-8-18(9-11-19)23(28(3,25)26)13-16-4-6-17(21)7-5-16/h4-11,15H,12-14H2,1-3H3,(H,22,24). The number of nitrogens with one attached hydrogen (secondary N) is 1. The van der Waals surface area contributed by atoms with Crippen LogP contribution < -0.4 is 14.4 Å². The van der Waals surface area contributed by atoms with E-state index in [0.29, 0.717) is 29.5 Å². The van der Waals surface area contributed by atoms with E-state index in [1.165, 1.54) is 16.4 Å². The van der Waals surface area contributed by atoms with Gasteiger partial charge in [0, 0.05) is 6.54 Å². The van der Waals surface area contributed by atoms with Crippen molar-refractivity contribution in [3.05, 3.63) is 59.9 Å². The zero-order chi connectivity index (χ0) is 20.7. The molecule has 0 heterocycles. The minimum atomic E-state index is -3.55. The van der Waals surface area contributed by atoms with Crippen molar-refractivity contribution in [2.75, 3.05) is 23.7 Å². The third kappa shape index (κ3) is 6.84. The number of amides is 1. The fourth-order valence-corrected chi connectivity index (χ4v) is 3.27. The van der Waals surface area contributed by atoms with E-state index in [4.69, 9.17) is 4.74 Å². The van der Waals surface area contributed by atoms with Crippen LogP contribution in [0.15, 0.2) is 48.5 Å². The zero-order valence-electron chi connectivity index (χ0n) is 16.2. The number of hydrogen-bond donors (Lipinski definition) is 1. The average Bonchev–Trinajstić information content (AvgIpc) is 2.64. The van der Waals surface area contributed by atoms with Gasteiger partial charge >= 0.3 is 0 Å². The first-order chi connectivity index (χ1) is 13.1. The second kappa shape index (κ2) is 9.54. The van der Waals surface area contributed by atoms with Gasteiger partial charge < -0.3 is 10.1 Å². The number of ether oxygens (including phenoxy) is 1. The number of rotatable bonds is 9. The third-order valence-electron chi connectivity index (χ3n) is 3.84. The molecule has 0 spiro atoms. The first kappa shape index (κ1) is 21.7. The Hall–Kier alpha value is -2.61. The average molecular weight is 408 g/mol. The molecular formula is C20H25FN2O4S. The van der Waals surface area contributed by atoms with E-state index in [1.54, 1.807) is 36.4 Å². The molecule has 6 nitrogen and oxygen atoms in total. The van der Waals surface area contributed by atoms with Crippen LogP contribution in [0.4, 0.5) is 10.1 Å². The number of carbonyl (C=O) groups is 1. The summed E-state index contributed by atoms with van der Waals surface area (Å²) < 4.78 is 44.1. The van der Waals surface area contributed by atoms with Crippen LogP contribution in [0.2, 0.25) is 0 Å². The molecule has 0 aromatic heterocycles. The highest BCUT2D eigenvalue weighted by atomic mass is 32.2. The van der Waals surface area contributed by atoms with Crippen LogP contribution in [0, 0.1) is 11.7 Å². The normalized spacial score (nSPS) is 11.3. The van der Waals surface area contributed by atoms with Gasteiger partial charge in [-0.3, -0.25) is 9.10 Å². The smallest absolute Gasteiger partial charge is 0.257 e. The minimum absolute atomic E-state index is 0.0803. The van der Waals surface area contributed by atoms with Crippen LogP contribution >= 0.6 is 0 Å². The van der Waals surface area contributed by atoms with Crippen molar-refractivity contribution < 1.29 is 22.3 Å². The lowest BCUT2D eigenvalue weighted by atomic mass is 10.2. The molecule has 0 fully saturated rings. The number of halogens is 1. The molecule has 2 aromatic carbocycles. The number of carbonyl (C=O) groups excluding carboxylic acids is 1. The molecule has 0 saturated heterocycles. The summed E-state index contributed by atoms with van der Waals surface area (Å²) in [5.41, 5.74) is 1.11. The summed E-state index contributed by atoms with van der Waals surface area (Å²) in [6.45, 7) is 4.54. The van der Waals surface area contributed by atoms with Crippen LogP contribution in [0.3, 0.4) is 0 Å². The Balaban J connectivity index is 2.05. The van der Waals surface area contributed by atoms with Crippen LogP contribution in [0.1, 0.15) is 19.4 Å². The molecule has 152 valence electrons. The molecule has 0 aliphatic heterocycles. The molecule has 28 heavy (non-hydrogen) atoms. The molecule has 1 N–H and O–H groups in total. The molecule has 0 atom stereocenters. The predicted molar refractivity (Wildman–Crippen MR) is 107 cm³/mol. The number of sulfonamides is 1. The predicted octanol–water partition coefficient (Wildman–Crippen LogP) is 2.94. The van der Waals surface area contributed by atoms with E-state index in [2.05, 4.69) is 5.32 Å². The maximum absolute atomic E-state index is 13.1. The number of hydrogen-bond acceptors (Lipinski definition) is 4. The molecule has 0 aliphatic rings. The lowest BCUT2D eigenvalue weighted by Crippen LogP contribution is -2.31. The van der Waals surface area contributed by atoms with Crippen molar-refractivity contribution in [1.82, 2.24) is 5.32 Å². The van der Waals surface area contributed by atoms with Crippen LogP contribution in [0.5, 0.6) is 5.75 Å². The SMILES string of the molecule is CC(C)CNC(=O)COc1ccc(N(Cc2ccc(F)cc2)S(C)(=O)=O)cc1. The number of nitrogens with zero attached hydrogens (tertiary/aromatic N) is 1. The van der Waals surface area contributed by atoms with Gasteiger partial charge in [0.15, 0.2) is 6.61 Å². The highest BCUT2D eigenvalue weighted by molar-refractivity contribution is 7.92. The summed E-state index contributed by atoms with van der Waals surface area (Å²) in [4.78, 5) is 11.7. The van der Waals surface area contributed by atoms with Gasteiger partial charge in [0.05, 0.1) is 18.5 Å². The molecule has 0 saturated carbocycles. The summed E-state index contributed by atoms with van der Waals surface area (Å²) in [7, 11) is -3.55. The van der Waals surface area contributed by atoms with Crippen molar-refractivity contribution in [3.63, 3.8) is 0 Å². The molecular weight excluding hydrogens is 383 g/mol. The lowest BCUT2D eigenvalue weighted by Gasteiger charge is -2.22. The van der Waals surface area contributed by atoms with Gasteiger partial charge in [0.2, 0.25) is 10.0 Å². The maximum Gasteiger partial charge on any atom is 0.257 e. The Morgan fingerprint density at radius 2 is 1.71 bits per heavy atom. The molecule has 2 aromatic rings. The van der Waals surface area contributed by atoms with Gasteiger partial charge in [-0.2, -0.15) is 0 Å². The Bertz CT molecular complexity index is 881. The van der Waals surface area contributed by atoms with Gasteiger partial charge in [0.1, 0.15) is 11.6 Å². The van der Waals surface area contributed by atoms with E-state index in [-0.39, 0.29) is 24.9 Å². The van der Waals surface area contributed by atoms with E-state index in [0.717, 1.165) is 6.26 Å². The number of anilines is 1. The monoisotopic (exact) mass is 408 g/mol. The summed E-state index contributed by atoms with van der Waals surface area (Å²) in [6.07, 6.45) is 1.11. The topological polar surface area (TPSA) is 75.7 Å². The van der Waals surface area contributed by atoms with Gasteiger partial charge in [-0.25, -0.2) is 12.8 Å². The van der Waals surface area contributed by atoms with Crippen molar-refractivity contribution in [1.29, 1.82) is 0 Å².